The van der Waals surface area contributed by atoms with E-state index in [4.69, 9.17) is 0 Å². The Labute approximate surface area is 157 Å². The van der Waals surface area contributed by atoms with Crippen LogP contribution >= 0.6 is 11.3 Å². The van der Waals surface area contributed by atoms with Gasteiger partial charge in [-0.15, -0.1) is 11.3 Å². The van der Waals surface area contributed by atoms with Crippen molar-refractivity contribution in [2.45, 2.75) is 70.0 Å². The first-order valence-electron chi connectivity index (χ1n) is 9.46. The predicted octanol–water partition coefficient (Wildman–Crippen LogP) is 2.62. The van der Waals surface area contributed by atoms with Crippen molar-refractivity contribution in [1.29, 1.82) is 0 Å². The van der Waals surface area contributed by atoms with E-state index < -0.39 is 11.6 Å². The van der Waals surface area contributed by atoms with Gasteiger partial charge in [-0.3, -0.25) is 14.5 Å². The lowest BCUT2D eigenvalue weighted by molar-refractivity contribution is -0.143. The van der Waals surface area contributed by atoms with Crippen LogP contribution in [0.15, 0.2) is 11.4 Å². The largest absolute Gasteiger partial charge is 0.336 e. The number of carbonyl (C=O) groups excluding carboxylic acids is 3. The molecule has 1 N–H and O–H groups in total. The molecule has 0 aromatic carbocycles. The second-order valence-corrected chi connectivity index (χ2v) is 8.77. The van der Waals surface area contributed by atoms with Gasteiger partial charge in [0.1, 0.15) is 12.1 Å². The van der Waals surface area contributed by atoms with E-state index >= 15 is 0 Å². The van der Waals surface area contributed by atoms with Crippen LogP contribution in [0.5, 0.6) is 0 Å². The molecule has 3 aliphatic rings. The van der Waals surface area contributed by atoms with Gasteiger partial charge in [0.05, 0.1) is 0 Å². The number of fused-ring (bicyclic) bond motifs is 2. The third-order valence-electron chi connectivity index (χ3n) is 6.11. The zero-order valence-corrected chi connectivity index (χ0v) is 16.1. The molecule has 140 valence electrons. The molecule has 2 aliphatic heterocycles. The predicted molar refractivity (Wildman–Crippen MR) is 98.8 cm³/mol. The fourth-order valence-corrected chi connectivity index (χ4v) is 5.81. The normalized spacial score (nSPS) is 31.3. The topological polar surface area (TPSA) is 69.7 Å². The van der Waals surface area contributed by atoms with Gasteiger partial charge in [-0.2, -0.15) is 0 Å². The van der Waals surface area contributed by atoms with Crippen molar-refractivity contribution in [3.63, 3.8) is 0 Å². The van der Waals surface area contributed by atoms with E-state index in [0.29, 0.717) is 6.42 Å². The molecule has 3 atom stereocenters. The fourth-order valence-electron chi connectivity index (χ4n) is 4.81. The SMILES string of the molecule is C[C@@H]1CCC[C@@H](C)N1C(=O)CN1C(=O)N[C@]2(CCCc3sccc32)C1=O. The van der Waals surface area contributed by atoms with Crippen molar-refractivity contribution < 1.29 is 14.4 Å². The number of nitrogens with zero attached hydrogens (tertiary/aromatic N) is 2. The van der Waals surface area contributed by atoms with E-state index in [1.165, 1.54) is 0 Å². The smallest absolute Gasteiger partial charge is 0.325 e. The van der Waals surface area contributed by atoms with Gasteiger partial charge in [0.2, 0.25) is 5.91 Å². The highest BCUT2D eigenvalue weighted by molar-refractivity contribution is 7.10. The summed E-state index contributed by atoms with van der Waals surface area (Å²) < 4.78 is 0. The van der Waals surface area contributed by atoms with Crippen molar-refractivity contribution in [3.8, 4) is 0 Å². The molecular formula is C19H25N3O3S. The summed E-state index contributed by atoms with van der Waals surface area (Å²) >= 11 is 1.63. The van der Waals surface area contributed by atoms with E-state index in [1.807, 2.05) is 30.2 Å². The van der Waals surface area contributed by atoms with Crippen LogP contribution in [0.1, 0.15) is 56.4 Å². The van der Waals surface area contributed by atoms with E-state index in [1.54, 1.807) is 11.3 Å². The Morgan fingerprint density at radius 2 is 2.00 bits per heavy atom. The second kappa shape index (κ2) is 6.37. The van der Waals surface area contributed by atoms with Crippen LogP contribution < -0.4 is 5.32 Å². The lowest BCUT2D eigenvalue weighted by atomic mass is 9.80. The first kappa shape index (κ1) is 17.5. The van der Waals surface area contributed by atoms with Crippen molar-refractivity contribution >= 4 is 29.2 Å². The van der Waals surface area contributed by atoms with Crippen molar-refractivity contribution in [2.75, 3.05) is 6.54 Å². The Morgan fingerprint density at radius 1 is 1.27 bits per heavy atom. The lowest BCUT2D eigenvalue weighted by Crippen LogP contribution is -2.52. The molecule has 26 heavy (non-hydrogen) atoms. The minimum Gasteiger partial charge on any atom is -0.336 e. The molecule has 4 rings (SSSR count). The highest BCUT2D eigenvalue weighted by Crippen LogP contribution is 2.42. The van der Waals surface area contributed by atoms with Crippen LogP contribution in [0.25, 0.3) is 0 Å². The first-order valence-corrected chi connectivity index (χ1v) is 10.3. The molecule has 7 heteroatoms. The molecule has 1 aliphatic carbocycles. The van der Waals surface area contributed by atoms with Crippen LogP contribution in [-0.4, -0.2) is 46.3 Å². The molecule has 3 heterocycles. The molecule has 1 aromatic rings. The molecule has 1 aromatic heterocycles. The number of rotatable bonds is 2. The Kier molecular flexibility index (Phi) is 4.29. The average molecular weight is 375 g/mol. The maximum atomic E-state index is 13.2. The number of carbonyl (C=O) groups is 3. The maximum absolute atomic E-state index is 13.2. The van der Waals surface area contributed by atoms with Crippen LogP contribution in [0, 0.1) is 0 Å². The molecule has 0 saturated carbocycles. The Bertz CT molecular complexity index is 751. The molecule has 1 spiro atoms. The number of urea groups is 1. The van der Waals surface area contributed by atoms with Crippen LogP contribution in [0.2, 0.25) is 0 Å². The Balaban J connectivity index is 1.57. The quantitative estimate of drug-likeness (QED) is 0.808. The molecule has 2 saturated heterocycles. The van der Waals surface area contributed by atoms with Crippen molar-refractivity contribution in [2.24, 2.45) is 0 Å². The summed E-state index contributed by atoms with van der Waals surface area (Å²) in [7, 11) is 0. The second-order valence-electron chi connectivity index (χ2n) is 7.77. The Hall–Kier alpha value is -1.89. The summed E-state index contributed by atoms with van der Waals surface area (Å²) in [5.41, 5.74) is -0.0499. The number of hydrogen-bond acceptors (Lipinski definition) is 4. The zero-order chi connectivity index (χ0) is 18.5. The summed E-state index contributed by atoms with van der Waals surface area (Å²) in [6, 6.07) is 1.80. The zero-order valence-electron chi connectivity index (χ0n) is 15.3. The highest BCUT2D eigenvalue weighted by atomic mass is 32.1. The summed E-state index contributed by atoms with van der Waals surface area (Å²) in [5.74, 6) is -0.404. The fraction of sp³-hybridized carbons (Fsp3) is 0.632. The third-order valence-corrected chi connectivity index (χ3v) is 7.09. The molecule has 0 unspecified atom stereocenters. The van der Waals surface area contributed by atoms with Crippen LogP contribution in [-0.2, 0) is 21.5 Å². The molecule has 6 nitrogen and oxygen atoms in total. The number of thiophene rings is 1. The number of piperidine rings is 1. The van der Waals surface area contributed by atoms with Gasteiger partial charge < -0.3 is 10.2 Å². The number of nitrogens with one attached hydrogen (secondary N) is 1. The van der Waals surface area contributed by atoms with Gasteiger partial charge >= 0.3 is 6.03 Å². The van der Waals surface area contributed by atoms with Gasteiger partial charge in [-0.25, -0.2) is 4.79 Å². The van der Waals surface area contributed by atoms with Crippen LogP contribution in [0.3, 0.4) is 0 Å². The van der Waals surface area contributed by atoms with Crippen molar-refractivity contribution in [3.05, 3.63) is 21.9 Å². The summed E-state index contributed by atoms with van der Waals surface area (Å²) in [5, 5.41) is 4.89. The van der Waals surface area contributed by atoms with Crippen molar-refractivity contribution in [1.82, 2.24) is 15.1 Å². The number of aryl methyl sites for hydroxylation is 1. The molecular weight excluding hydrogens is 350 g/mol. The van der Waals surface area contributed by atoms with Gasteiger partial charge in [-0.1, -0.05) is 0 Å². The standard InChI is InChI=1S/C19H25N3O3S/c1-12-5-3-6-13(2)22(12)16(23)11-21-17(24)19(20-18(21)25)9-4-7-15-14(19)8-10-26-15/h8,10,12-13H,3-7,9,11H2,1-2H3,(H,20,25)/t12-,13-,19+/m1/s1. The van der Waals surface area contributed by atoms with E-state index in [-0.39, 0.29) is 30.4 Å². The summed E-state index contributed by atoms with van der Waals surface area (Å²) in [6.45, 7) is 3.92. The number of hydrogen-bond donors (Lipinski definition) is 1. The molecule has 2 fully saturated rings. The molecule has 4 amide bonds. The monoisotopic (exact) mass is 375 g/mol. The number of amides is 4. The molecule has 0 radical (unpaired) electrons. The minimum atomic E-state index is -0.968. The Morgan fingerprint density at radius 3 is 2.73 bits per heavy atom. The average Bonchev–Trinajstić information content (AvgIpc) is 3.16. The molecule has 0 bridgehead atoms. The minimum absolute atomic E-state index is 0.133. The van der Waals surface area contributed by atoms with Gasteiger partial charge in [0, 0.05) is 22.5 Å². The first-order chi connectivity index (χ1) is 12.4. The van der Waals surface area contributed by atoms with Gasteiger partial charge in [-0.05, 0) is 63.8 Å². The van der Waals surface area contributed by atoms with E-state index in [0.717, 1.165) is 47.4 Å². The summed E-state index contributed by atoms with van der Waals surface area (Å²) in [4.78, 5) is 42.8. The summed E-state index contributed by atoms with van der Waals surface area (Å²) in [6.07, 6.45) is 5.46. The number of likely N-dealkylation sites (tertiary alicyclic amines) is 1. The van der Waals surface area contributed by atoms with E-state index in [9.17, 15) is 14.4 Å². The van der Waals surface area contributed by atoms with Gasteiger partial charge in [0.15, 0.2) is 0 Å². The maximum Gasteiger partial charge on any atom is 0.325 e. The van der Waals surface area contributed by atoms with E-state index in [2.05, 4.69) is 5.32 Å². The third kappa shape index (κ3) is 2.55. The van der Waals surface area contributed by atoms with Crippen LogP contribution in [0.4, 0.5) is 4.79 Å². The van der Waals surface area contributed by atoms with Gasteiger partial charge in [0.25, 0.3) is 5.91 Å². The lowest BCUT2D eigenvalue weighted by Gasteiger charge is -2.39. The number of imide groups is 1. The highest BCUT2D eigenvalue weighted by Gasteiger charge is 2.55.